The molecule has 2 fully saturated rings. The third-order valence-electron chi connectivity index (χ3n) is 3.64. The molecular formula is C13H23ClO4Si. The molecule has 4 nitrogen and oxygen atoms in total. The first-order chi connectivity index (χ1) is 8.85. The van der Waals surface area contributed by atoms with E-state index in [1.807, 2.05) is 0 Å². The zero-order valence-electron chi connectivity index (χ0n) is 12.0. The smallest absolute Gasteiger partial charge is 0.204 e. The maximum absolute atomic E-state index is 12.3. The molecule has 1 atom stereocenters. The zero-order valence-corrected chi connectivity index (χ0v) is 13.7. The molecule has 19 heavy (non-hydrogen) atoms. The zero-order chi connectivity index (χ0) is 14.1. The van der Waals surface area contributed by atoms with E-state index in [0.29, 0.717) is 38.4 Å². The molecule has 0 amide bonds. The molecule has 0 spiro atoms. The molecule has 1 saturated heterocycles. The van der Waals surface area contributed by atoms with Crippen LogP contribution < -0.4 is 0 Å². The van der Waals surface area contributed by atoms with Crippen LogP contribution in [0, 0.1) is 0 Å². The maximum Gasteiger partial charge on any atom is 0.204 e. The number of alkyl halides is 1. The topological polar surface area (TPSA) is 44.8 Å². The molecule has 1 saturated carbocycles. The second-order valence-electron chi connectivity index (χ2n) is 6.21. The number of carbonyl (C=O) groups excluding carboxylic acids is 1. The van der Waals surface area contributed by atoms with Crippen molar-refractivity contribution in [1.82, 2.24) is 0 Å². The van der Waals surface area contributed by atoms with Gasteiger partial charge in [-0.25, -0.2) is 0 Å². The molecule has 0 radical (unpaired) electrons. The second kappa shape index (κ2) is 5.45. The molecule has 0 aromatic heterocycles. The molecule has 1 heterocycles. The van der Waals surface area contributed by atoms with Crippen molar-refractivity contribution < 1.29 is 18.7 Å². The Morgan fingerprint density at radius 1 is 1.32 bits per heavy atom. The summed E-state index contributed by atoms with van der Waals surface area (Å²) in [5.41, 5.74) is -0.889. The van der Waals surface area contributed by atoms with Gasteiger partial charge < -0.3 is 13.9 Å². The first kappa shape index (κ1) is 15.4. The van der Waals surface area contributed by atoms with Gasteiger partial charge in [0.15, 0.2) is 19.7 Å². The normalized spacial score (nSPS) is 30.4. The Morgan fingerprint density at radius 3 is 2.32 bits per heavy atom. The van der Waals surface area contributed by atoms with E-state index in [4.69, 9.17) is 25.5 Å². The third kappa shape index (κ3) is 2.76. The fourth-order valence-corrected chi connectivity index (χ4v) is 4.45. The molecule has 0 aromatic rings. The Labute approximate surface area is 120 Å². The summed E-state index contributed by atoms with van der Waals surface area (Å²) in [6.45, 7) is 7.30. The highest BCUT2D eigenvalue weighted by Crippen LogP contribution is 2.49. The molecule has 0 bridgehead atoms. The lowest BCUT2D eigenvalue weighted by molar-refractivity contribution is -0.271. The molecule has 1 aliphatic heterocycles. The SMILES string of the molecule is C[Si](C)(C)OC1(C2(CCCCl)OCCO2)CCC1=O. The molecule has 110 valence electrons. The van der Waals surface area contributed by atoms with Gasteiger partial charge >= 0.3 is 0 Å². The van der Waals surface area contributed by atoms with Crippen LogP contribution in [-0.2, 0) is 18.7 Å². The molecule has 0 aromatic carbocycles. The molecule has 2 aliphatic rings. The van der Waals surface area contributed by atoms with Crippen molar-refractivity contribution in [3.05, 3.63) is 0 Å². The predicted octanol–water partition coefficient (Wildman–Crippen LogP) is 2.70. The lowest BCUT2D eigenvalue weighted by Crippen LogP contribution is -2.69. The lowest BCUT2D eigenvalue weighted by Gasteiger charge is -2.53. The first-order valence-electron chi connectivity index (χ1n) is 6.93. The van der Waals surface area contributed by atoms with Crippen LogP contribution in [0.2, 0.25) is 19.6 Å². The fourth-order valence-electron chi connectivity index (χ4n) is 2.90. The Bertz CT molecular complexity index is 349. The Hall–Kier alpha value is 0.0569. The molecule has 0 N–H and O–H groups in total. The summed E-state index contributed by atoms with van der Waals surface area (Å²) in [4.78, 5) is 12.3. The van der Waals surface area contributed by atoms with Crippen molar-refractivity contribution in [1.29, 1.82) is 0 Å². The van der Waals surface area contributed by atoms with Crippen molar-refractivity contribution in [2.45, 2.75) is 56.7 Å². The van der Waals surface area contributed by atoms with Crippen LogP contribution in [0.15, 0.2) is 0 Å². The summed E-state index contributed by atoms with van der Waals surface area (Å²) in [5.74, 6) is -0.255. The monoisotopic (exact) mass is 306 g/mol. The number of hydrogen-bond acceptors (Lipinski definition) is 4. The average Bonchev–Trinajstić information content (AvgIpc) is 2.80. The van der Waals surface area contributed by atoms with Crippen molar-refractivity contribution in [2.75, 3.05) is 19.1 Å². The number of rotatable bonds is 6. The highest BCUT2D eigenvalue weighted by molar-refractivity contribution is 6.70. The second-order valence-corrected chi connectivity index (χ2v) is 11.0. The van der Waals surface area contributed by atoms with Crippen LogP contribution in [0.5, 0.6) is 0 Å². The summed E-state index contributed by atoms with van der Waals surface area (Å²) < 4.78 is 18.0. The van der Waals surface area contributed by atoms with Crippen LogP contribution in [-0.4, -0.2) is 44.6 Å². The van der Waals surface area contributed by atoms with Gasteiger partial charge in [0, 0.05) is 18.7 Å². The van der Waals surface area contributed by atoms with Crippen LogP contribution in [0.1, 0.15) is 25.7 Å². The predicted molar refractivity (Wildman–Crippen MR) is 76.0 cm³/mol. The minimum Gasteiger partial charge on any atom is -0.401 e. The summed E-state index contributed by atoms with van der Waals surface area (Å²) >= 11 is 5.79. The van der Waals surface area contributed by atoms with E-state index in [-0.39, 0.29) is 5.78 Å². The van der Waals surface area contributed by atoms with Gasteiger partial charge in [-0.15, -0.1) is 11.6 Å². The summed E-state index contributed by atoms with van der Waals surface area (Å²) in [5, 5.41) is 0. The van der Waals surface area contributed by atoms with Crippen LogP contribution in [0.3, 0.4) is 0 Å². The highest BCUT2D eigenvalue weighted by atomic mass is 35.5. The molecule has 2 rings (SSSR count). The average molecular weight is 307 g/mol. The molecular weight excluding hydrogens is 284 g/mol. The van der Waals surface area contributed by atoms with E-state index in [1.165, 1.54) is 0 Å². The van der Waals surface area contributed by atoms with E-state index in [2.05, 4.69) is 19.6 Å². The van der Waals surface area contributed by atoms with E-state index in [0.717, 1.165) is 6.42 Å². The van der Waals surface area contributed by atoms with Gasteiger partial charge in [-0.2, -0.15) is 0 Å². The van der Waals surface area contributed by atoms with Crippen molar-refractivity contribution in [2.24, 2.45) is 0 Å². The molecule has 1 aliphatic carbocycles. The van der Waals surface area contributed by atoms with E-state index >= 15 is 0 Å². The minimum absolute atomic E-state index is 0.117. The van der Waals surface area contributed by atoms with Gasteiger partial charge in [-0.1, -0.05) is 0 Å². The highest BCUT2D eigenvalue weighted by Gasteiger charge is 2.66. The quantitative estimate of drug-likeness (QED) is 0.559. The summed E-state index contributed by atoms with van der Waals surface area (Å²) in [7, 11) is -1.87. The van der Waals surface area contributed by atoms with E-state index < -0.39 is 19.7 Å². The molecule has 1 unspecified atom stereocenters. The van der Waals surface area contributed by atoms with E-state index in [1.54, 1.807) is 0 Å². The van der Waals surface area contributed by atoms with Gasteiger partial charge in [-0.3, -0.25) is 4.79 Å². The van der Waals surface area contributed by atoms with Crippen LogP contribution >= 0.6 is 11.6 Å². The third-order valence-corrected chi connectivity index (χ3v) is 4.87. The van der Waals surface area contributed by atoms with Crippen molar-refractivity contribution >= 4 is 25.7 Å². The van der Waals surface area contributed by atoms with Gasteiger partial charge in [0.05, 0.1) is 13.2 Å². The van der Waals surface area contributed by atoms with Crippen molar-refractivity contribution in [3.63, 3.8) is 0 Å². The number of hydrogen-bond donors (Lipinski definition) is 0. The number of halogens is 1. The maximum atomic E-state index is 12.3. The first-order valence-corrected chi connectivity index (χ1v) is 10.9. The fraction of sp³-hybridized carbons (Fsp3) is 0.923. The minimum atomic E-state index is -1.87. The number of carbonyl (C=O) groups is 1. The Balaban J connectivity index is 2.27. The van der Waals surface area contributed by atoms with Crippen LogP contribution in [0.4, 0.5) is 0 Å². The van der Waals surface area contributed by atoms with Gasteiger partial charge in [0.25, 0.3) is 0 Å². The van der Waals surface area contributed by atoms with Gasteiger partial charge in [0.2, 0.25) is 5.79 Å². The number of ketones is 1. The standard InChI is InChI=1S/C13H23ClO4Si/c1-19(2,3)18-12(7-5-11(12)15)13(6-4-8-14)16-9-10-17-13/h4-10H2,1-3H3. The largest absolute Gasteiger partial charge is 0.401 e. The van der Waals surface area contributed by atoms with Gasteiger partial charge in [-0.05, 0) is 32.5 Å². The Kier molecular flexibility index (Phi) is 4.43. The van der Waals surface area contributed by atoms with E-state index in [9.17, 15) is 4.79 Å². The van der Waals surface area contributed by atoms with Crippen molar-refractivity contribution in [3.8, 4) is 0 Å². The summed E-state index contributed by atoms with van der Waals surface area (Å²) in [6, 6.07) is 0. The lowest BCUT2D eigenvalue weighted by atomic mass is 9.71. The Morgan fingerprint density at radius 2 is 1.95 bits per heavy atom. The van der Waals surface area contributed by atoms with Gasteiger partial charge in [0.1, 0.15) is 0 Å². The number of ether oxygens (including phenoxy) is 2. The molecule has 6 heteroatoms. The van der Waals surface area contributed by atoms with Crippen LogP contribution in [0.25, 0.3) is 0 Å². The summed E-state index contributed by atoms with van der Waals surface area (Å²) in [6.07, 6.45) is 2.62. The number of Topliss-reactive ketones (excluding diaryl/α,β-unsaturated/α-hetero) is 1.